The number of hydrogen-bond acceptors (Lipinski definition) is 3. The average molecular weight is 315 g/mol. The maximum absolute atomic E-state index is 12.1. The number of aromatic nitrogens is 1. The molecule has 0 aliphatic carbocycles. The van der Waals surface area contributed by atoms with Gasteiger partial charge in [0.15, 0.2) is 0 Å². The van der Waals surface area contributed by atoms with Crippen LogP contribution >= 0.6 is 0 Å². The average Bonchev–Trinajstić information content (AvgIpc) is 2.64. The van der Waals surface area contributed by atoms with Gasteiger partial charge in [0.2, 0.25) is 5.91 Å². The van der Waals surface area contributed by atoms with E-state index in [4.69, 9.17) is 0 Å². The fourth-order valence-corrected chi connectivity index (χ4v) is 2.33. The molecule has 0 radical (unpaired) electrons. The summed E-state index contributed by atoms with van der Waals surface area (Å²) in [5.74, 6) is -0.154. The number of amides is 1. The van der Waals surface area contributed by atoms with Crippen LogP contribution in [0.4, 0.5) is 0 Å². The van der Waals surface area contributed by atoms with E-state index in [9.17, 15) is 4.79 Å². The first-order chi connectivity index (χ1) is 11.8. The number of hydrazone groups is 1. The SMILES string of the molecule is O=C(Cc1ccccc1)N/N=C(/c1ccccc1)c1cccnc1. The molecule has 0 bridgehead atoms. The van der Waals surface area contributed by atoms with Crippen molar-refractivity contribution in [3.05, 3.63) is 102 Å². The summed E-state index contributed by atoms with van der Waals surface area (Å²) in [4.78, 5) is 16.3. The highest BCUT2D eigenvalue weighted by Crippen LogP contribution is 2.09. The van der Waals surface area contributed by atoms with Gasteiger partial charge in [-0.05, 0) is 17.7 Å². The highest BCUT2D eigenvalue weighted by molar-refractivity contribution is 6.12. The molecule has 4 heteroatoms. The molecule has 0 fully saturated rings. The van der Waals surface area contributed by atoms with E-state index >= 15 is 0 Å². The van der Waals surface area contributed by atoms with Gasteiger partial charge in [-0.25, -0.2) is 5.43 Å². The number of benzene rings is 2. The fourth-order valence-electron chi connectivity index (χ4n) is 2.33. The zero-order chi connectivity index (χ0) is 16.6. The van der Waals surface area contributed by atoms with Crippen molar-refractivity contribution in [3.8, 4) is 0 Å². The van der Waals surface area contributed by atoms with Crippen LogP contribution in [0.25, 0.3) is 0 Å². The summed E-state index contributed by atoms with van der Waals surface area (Å²) >= 11 is 0. The monoisotopic (exact) mass is 315 g/mol. The minimum absolute atomic E-state index is 0.154. The van der Waals surface area contributed by atoms with Crippen molar-refractivity contribution >= 4 is 11.6 Å². The van der Waals surface area contributed by atoms with Gasteiger partial charge in [0, 0.05) is 23.5 Å². The summed E-state index contributed by atoms with van der Waals surface area (Å²) in [7, 11) is 0. The summed E-state index contributed by atoms with van der Waals surface area (Å²) in [5.41, 5.74) is 6.06. The normalized spacial score (nSPS) is 11.1. The van der Waals surface area contributed by atoms with Crippen LogP contribution in [-0.2, 0) is 11.2 Å². The molecule has 1 amide bonds. The molecule has 0 unspecified atom stereocenters. The molecule has 4 nitrogen and oxygen atoms in total. The Morgan fingerprint density at radius 1 is 0.875 bits per heavy atom. The summed E-state index contributed by atoms with van der Waals surface area (Å²) in [6.07, 6.45) is 3.73. The highest BCUT2D eigenvalue weighted by Gasteiger charge is 2.08. The smallest absolute Gasteiger partial charge is 0.244 e. The van der Waals surface area contributed by atoms with Crippen molar-refractivity contribution in [1.82, 2.24) is 10.4 Å². The third-order valence-electron chi connectivity index (χ3n) is 3.48. The van der Waals surface area contributed by atoms with Crippen molar-refractivity contribution in [1.29, 1.82) is 0 Å². The summed E-state index contributed by atoms with van der Waals surface area (Å²) in [5, 5.41) is 4.34. The molecule has 1 heterocycles. The molecule has 1 aromatic heterocycles. The predicted octanol–water partition coefficient (Wildman–Crippen LogP) is 3.19. The van der Waals surface area contributed by atoms with Crippen LogP contribution < -0.4 is 5.43 Å². The third-order valence-corrected chi connectivity index (χ3v) is 3.48. The third kappa shape index (κ3) is 4.14. The molecule has 0 saturated carbocycles. The minimum Gasteiger partial charge on any atom is -0.273 e. The van der Waals surface area contributed by atoms with Gasteiger partial charge in [0.25, 0.3) is 0 Å². The van der Waals surface area contributed by atoms with E-state index in [2.05, 4.69) is 15.5 Å². The van der Waals surface area contributed by atoms with Gasteiger partial charge in [-0.2, -0.15) is 5.10 Å². The van der Waals surface area contributed by atoms with Crippen LogP contribution in [0.15, 0.2) is 90.3 Å². The van der Waals surface area contributed by atoms with E-state index in [-0.39, 0.29) is 5.91 Å². The van der Waals surface area contributed by atoms with E-state index in [1.165, 1.54) is 0 Å². The van der Waals surface area contributed by atoms with Crippen molar-refractivity contribution < 1.29 is 4.79 Å². The molecule has 24 heavy (non-hydrogen) atoms. The number of nitrogens with zero attached hydrogens (tertiary/aromatic N) is 2. The van der Waals surface area contributed by atoms with Crippen molar-refractivity contribution in [3.63, 3.8) is 0 Å². The number of hydrogen-bond donors (Lipinski definition) is 1. The maximum Gasteiger partial charge on any atom is 0.244 e. The quantitative estimate of drug-likeness (QED) is 0.581. The lowest BCUT2D eigenvalue weighted by Crippen LogP contribution is -2.22. The van der Waals surface area contributed by atoms with Gasteiger partial charge in [0.05, 0.1) is 12.1 Å². The Labute approximate surface area is 140 Å². The Kier molecular flexibility index (Phi) is 5.10. The molecule has 118 valence electrons. The van der Waals surface area contributed by atoms with Gasteiger partial charge in [-0.15, -0.1) is 0 Å². The van der Waals surface area contributed by atoms with Crippen LogP contribution in [0, 0.1) is 0 Å². The summed E-state index contributed by atoms with van der Waals surface area (Å²) < 4.78 is 0. The topological polar surface area (TPSA) is 54.4 Å². The van der Waals surface area contributed by atoms with Crippen molar-refractivity contribution in [2.24, 2.45) is 5.10 Å². The lowest BCUT2D eigenvalue weighted by atomic mass is 10.0. The molecule has 2 aromatic carbocycles. The van der Waals surface area contributed by atoms with Crippen molar-refractivity contribution in [2.75, 3.05) is 0 Å². The zero-order valence-corrected chi connectivity index (χ0v) is 13.1. The molecule has 1 N–H and O–H groups in total. The first kappa shape index (κ1) is 15.6. The van der Waals surface area contributed by atoms with E-state index in [1.54, 1.807) is 12.4 Å². The number of pyridine rings is 1. The Morgan fingerprint density at radius 3 is 2.21 bits per heavy atom. The van der Waals surface area contributed by atoms with Crippen LogP contribution in [-0.4, -0.2) is 16.6 Å². The maximum atomic E-state index is 12.1. The van der Waals surface area contributed by atoms with Gasteiger partial charge >= 0.3 is 0 Å². The zero-order valence-electron chi connectivity index (χ0n) is 13.1. The lowest BCUT2D eigenvalue weighted by molar-refractivity contribution is -0.120. The highest BCUT2D eigenvalue weighted by atomic mass is 16.2. The van der Waals surface area contributed by atoms with Gasteiger partial charge in [-0.3, -0.25) is 9.78 Å². The number of carbonyl (C=O) groups excluding carboxylic acids is 1. The van der Waals surface area contributed by atoms with E-state index in [0.29, 0.717) is 12.1 Å². The first-order valence-corrected chi connectivity index (χ1v) is 7.69. The van der Waals surface area contributed by atoms with Gasteiger partial charge in [-0.1, -0.05) is 60.7 Å². The second-order valence-corrected chi connectivity index (χ2v) is 5.27. The van der Waals surface area contributed by atoms with E-state index in [1.807, 2.05) is 72.8 Å². The van der Waals surface area contributed by atoms with Crippen LogP contribution in [0.3, 0.4) is 0 Å². The van der Waals surface area contributed by atoms with Crippen molar-refractivity contribution in [2.45, 2.75) is 6.42 Å². The second-order valence-electron chi connectivity index (χ2n) is 5.27. The second kappa shape index (κ2) is 7.83. The summed E-state index contributed by atoms with van der Waals surface area (Å²) in [6.45, 7) is 0. The molecule has 0 atom stereocenters. The molecule has 0 aliphatic rings. The van der Waals surface area contributed by atoms with E-state index < -0.39 is 0 Å². The molecular formula is C20H17N3O. The molecule has 0 saturated heterocycles. The Hall–Kier alpha value is -3.27. The molecule has 3 aromatic rings. The molecule has 3 rings (SSSR count). The molecule has 0 spiro atoms. The number of nitrogens with one attached hydrogen (secondary N) is 1. The van der Waals surface area contributed by atoms with E-state index in [0.717, 1.165) is 16.7 Å². The van der Waals surface area contributed by atoms with Crippen LogP contribution in [0.5, 0.6) is 0 Å². The fraction of sp³-hybridized carbons (Fsp3) is 0.0500. The minimum atomic E-state index is -0.154. The number of carbonyl (C=O) groups is 1. The Morgan fingerprint density at radius 2 is 1.54 bits per heavy atom. The lowest BCUT2D eigenvalue weighted by Gasteiger charge is -2.07. The van der Waals surface area contributed by atoms with Crippen LogP contribution in [0.2, 0.25) is 0 Å². The molecule has 0 aliphatic heterocycles. The summed E-state index contributed by atoms with van der Waals surface area (Å²) in [6, 6.07) is 23.1. The van der Waals surface area contributed by atoms with Crippen LogP contribution in [0.1, 0.15) is 16.7 Å². The largest absolute Gasteiger partial charge is 0.273 e. The van der Waals surface area contributed by atoms with Gasteiger partial charge < -0.3 is 0 Å². The number of rotatable bonds is 5. The first-order valence-electron chi connectivity index (χ1n) is 7.69. The van der Waals surface area contributed by atoms with Gasteiger partial charge in [0.1, 0.15) is 0 Å². The molecular weight excluding hydrogens is 298 g/mol. The predicted molar refractivity (Wildman–Crippen MR) is 94.6 cm³/mol. The standard InChI is InChI=1S/C20H17N3O/c24-19(14-16-8-3-1-4-9-16)22-23-20(17-10-5-2-6-11-17)18-12-7-13-21-15-18/h1-13,15H,14H2,(H,22,24)/b23-20-. The Balaban J connectivity index is 1.81. The Bertz CT molecular complexity index is 774.